The van der Waals surface area contributed by atoms with E-state index in [9.17, 15) is 16.8 Å². The molecule has 1 aromatic rings. The van der Waals surface area contributed by atoms with Gasteiger partial charge in [0.2, 0.25) is 10.0 Å². The second-order valence-electron chi connectivity index (χ2n) is 5.04. The number of hydrogen-bond acceptors (Lipinski definition) is 4. The Bertz CT molecular complexity index is 676. The summed E-state index contributed by atoms with van der Waals surface area (Å²) in [5.74, 6) is 0. The summed E-state index contributed by atoms with van der Waals surface area (Å²) in [7, 11) is -2.28. The standard InChI is InChI=1S/C11H14ClNO4S2/c1-11(6-7-11)8-13-19(16,17)10-4-2-9(3-5-10)18(12,14)15/h2-5,13H,6-8H2,1H3. The van der Waals surface area contributed by atoms with Crippen molar-refractivity contribution in [1.29, 1.82) is 0 Å². The fraction of sp³-hybridized carbons (Fsp3) is 0.455. The Labute approximate surface area is 117 Å². The minimum Gasteiger partial charge on any atom is -0.211 e. The fourth-order valence-corrected chi connectivity index (χ4v) is 3.49. The van der Waals surface area contributed by atoms with Gasteiger partial charge in [0.25, 0.3) is 9.05 Å². The van der Waals surface area contributed by atoms with E-state index in [-0.39, 0.29) is 15.2 Å². The van der Waals surface area contributed by atoms with Crippen LogP contribution in [0, 0.1) is 5.41 Å². The second kappa shape index (κ2) is 4.73. The fourth-order valence-electron chi connectivity index (χ4n) is 1.52. The van der Waals surface area contributed by atoms with Crippen molar-refractivity contribution in [1.82, 2.24) is 4.72 Å². The number of rotatable bonds is 5. The summed E-state index contributed by atoms with van der Waals surface area (Å²) < 4.78 is 48.6. The highest BCUT2D eigenvalue weighted by Crippen LogP contribution is 2.44. The third-order valence-electron chi connectivity index (χ3n) is 3.21. The Kier molecular flexibility index (Phi) is 3.68. The Morgan fingerprint density at radius 3 is 2.00 bits per heavy atom. The van der Waals surface area contributed by atoms with Crippen LogP contribution >= 0.6 is 10.7 Å². The molecule has 0 heterocycles. The maximum Gasteiger partial charge on any atom is 0.261 e. The molecule has 0 atom stereocenters. The third-order valence-corrected chi connectivity index (χ3v) is 5.99. The molecule has 106 valence electrons. The predicted molar refractivity (Wildman–Crippen MR) is 72.0 cm³/mol. The van der Waals surface area contributed by atoms with Crippen molar-refractivity contribution in [3.8, 4) is 0 Å². The van der Waals surface area contributed by atoms with Crippen LogP contribution in [-0.4, -0.2) is 23.4 Å². The van der Waals surface area contributed by atoms with Crippen molar-refractivity contribution >= 4 is 29.8 Å². The number of sulfonamides is 1. The Balaban J connectivity index is 2.16. The van der Waals surface area contributed by atoms with Gasteiger partial charge in [-0.05, 0) is 42.5 Å². The molecule has 1 aliphatic rings. The van der Waals surface area contributed by atoms with Gasteiger partial charge in [-0.25, -0.2) is 21.6 Å². The lowest BCUT2D eigenvalue weighted by Crippen LogP contribution is -2.29. The van der Waals surface area contributed by atoms with Crippen molar-refractivity contribution < 1.29 is 16.8 Å². The quantitative estimate of drug-likeness (QED) is 0.836. The maximum atomic E-state index is 12.0. The average Bonchev–Trinajstić information content (AvgIpc) is 3.05. The van der Waals surface area contributed by atoms with Crippen LogP contribution in [0.2, 0.25) is 0 Å². The van der Waals surface area contributed by atoms with Crippen molar-refractivity contribution in [2.45, 2.75) is 29.6 Å². The van der Waals surface area contributed by atoms with Gasteiger partial charge in [-0.3, -0.25) is 0 Å². The van der Waals surface area contributed by atoms with E-state index in [0.29, 0.717) is 6.54 Å². The molecular formula is C11H14ClNO4S2. The van der Waals surface area contributed by atoms with Crippen LogP contribution in [0.3, 0.4) is 0 Å². The highest BCUT2D eigenvalue weighted by Gasteiger charge is 2.38. The molecule has 0 radical (unpaired) electrons. The van der Waals surface area contributed by atoms with E-state index in [1.807, 2.05) is 6.92 Å². The normalized spacial score (nSPS) is 18.2. The Hall–Kier alpha value is -0.630. The summed E-state index contributed by atoms with van der Waals surface area (Å²) in [6.45, 7) is 2.41. The molecule has 0 saturated heterocycles. The number of hydrogen-bond donors (Lipinski definition) is 1. The van der Waals surface area contributed by atoms with Gasteiger partial charge in [-0.2, -0.15) is 0 Å². The minimum absolute atomic E-state index is 0.0285. The Morgan fingerprint density at radius 2 is 1.58 bits per heavy atom. The zero-order valence-electron chi connectivity index (χ0n) is 10.3. The predicted octanol–water partition coefficient (Wildman–Crippen LogP) is 1.69. The SMILES string of the molecule is CC1(CNS(=O)(=O)c2ccc(S(=O)(=O)Cl)cc2)CC1. The minimum atomic E-state index is -3.83. The first kappa shape index (κ1) is 14.8. The van der Waals surface area contributed by atoms with Gasteiger partial charge in [0.15, 0.2) is 0 Å². The van der Waals surface area contributed by atoms with Crippen LogP contribution in [0.25, 0.3) is 0 Å². The topological polar surface area (TPSA) is 80.3 Å². The number of nitrogens with one attached hydrogen (secondary N) is 1. The van der Waals surface area contributed by atoms with E-state index >= 15 is 0 Å². The molecule has 5 nitrogen and oxygen atoms in total. The molecule has 8 heteroatoms. The van der Waals surface area contributed by atoms with Crippen LogP contribution in [0.15, 0.2) is 34.1 Å². The van der Waals surface area contributed by atoms with Crippen LogP contribution in [0.4, 0.5) is 0 Å². The molecule has 1 fully saturated rings. The summed E-state index contributed by atoms with van der Waals surface area (Å²) in [6.07, 6.45) is 2.03. The average molecular weight is 324 g/mol. The van der Waals surface area contributed by atoms with E-state index < -0.39 is 19.1 Å². The van der Waals surface area contributed by atoms with Crippen molar-refractivity contribution in [2.24, 2.45) is 5.41 Å². The van der Waals surface area contributed by atoms with Gasteiger partial charge in [0.1, 0.15) is 0 Å². The molecule has 19 heavy (non-hydrogen) atoms. The zero-order chi connectivity index (χ0) is 14.3. The third kappa shape index (κ3) is 3.68. The van der Waals surface area contributed by atoms with E-state index in [0.717, 1.165) is 12.8 Å². The Morgan fingerprint density at radius 1 is 1.11 bits per heavy atom. The molecule has 0 unspecified atom stereocenters. The van der Waals surface area contributed by atoms with E-state index in [2.05, 4.69) is 4.72 Å². The van der Waals surface area contributed by atoms with Gasteiger partial charge in [0.05, 0.1) is 9.79 Å². The monoisotopic (exact) mass is 323 g/mol. The smallest absolute Gasteiger partial charge is 0.211 e. The summed E-state index contributed by atoms with van der Waals surface area (Å²) in [4.78, 5) is -0.0944. The summed E-state index contributed by atoms with van der Waals surface area (Å²) in [5, 5.41) is 0. The first-order chi connectivity index (χ1) is 8.62. The summed E-state index contributed by atoms with van der Waals surface area (Å²) >= 11 is 0. The first-order valence-corrected chi connectivity index (χ1v) is 9.46. The van der Waals surface area contributed by atoms with Gasteiger partial charge in [0, 0.05) is 17.2 Å². The molecule has 0 bridgehead atoms. The van der Waals surface area contributed by atoms with Crippen molar-refractivity contribution in [3.63, 3.8) is 0 Å². The van der Waals surface area contributed by atoms with Crippen molar-refractivity contribution in [2.75, 3.05) is 6.54 Å². The molecule has 1 saturated carbocycles. The highest BCUT2D eigenvalue weighted by atomic mass is 35.7. The second-order valence-corrected chi connectivity index (χ2v) is 9.38. The molecular weight excluding hydrogens is 310 g/mol. The lowest BCUT2D eigenvalue weighted by atomic mass is 10.2. The van der Waals surface area contributed by atoms with Crippen molar-refractivity contribution in [3.05, 3.63) is 24.3 Å². The molecule has 0 amide bonds. The summed E-state index contributed by atoms with van der Waals surface area (Å²) in [5.41, 5.74) is 0.0620. The summed E-state index contributed by atoms with van der Waals surface area (Å²) in [6, 6.07) is 4.81. The van der Waals surface area contributed by atoms with Gasteiger partial charge in [-0.1, -0.05) is 6.92 Å². The van der Waals surface area contributed by atoms with Gasteiger partial charge in [-0.15, -0.1) is 0 Å². The number of benzene rings is 1. The molecule has 0 aromatic heterocycles. The largest absolute Gasteiger partial charge is 0.261 e. The highest BCUT2D eigenvalue weighted by molar-refractivity contribution is 8.13. The lowest BCUT2D eigenvalue weighted by Gasteiger charge is -2.11. The molecule has 1 N–H and O–H groups in total. The zero-order valence-corrected chi connectivity index (χ0v) is 12.6. The van der Waals surface area contributed by atoms with Crippen LogP contribution in [-0.2, 0) is 19.1 Å². The molecule has 0 aliphatic heterocycles. The van der Waals surface area contributed by atoms with E-state index in [1.54, 1.807) is 0 Å². The number of halogens is 1. The van der Waals surface area contributed by atoms with Gasteiger partial charge < -0.3 is 0 Å². The van der Waals surface area contributed by atoms with E-state index in [1.165, 1.54) is 24.3 Å². The maximum absolute atomic E-state index is 12.0. The van der Waals surface area contributed by atoms with Gasteiger partial charge >= 0.3 is 0 Å². The lowest BCUT2D eigenvalue weighted by molar-refractivity contribution is 0.530. The van der Waals surface area contributed by atoms with Crippen LogP contribution in [0.1, 0.15) is 19.8 Å². The molecule has 0 spiro atoms. The van der Waals surface area contributed by atoms with Crippen LogP contribution in [0.5, 0.6) is 0 Å². The molecule has 2 rings (SSSR count). The van der Waals surface area contributed by atoms with E-state index in [4.69, 9.17) is 10.7 Å². The molecule has 1 aromatic carbocycles. The molecule has 1 aliphatic carbocycles. The first-order valence-electron chi connectivity index (χ1n) is 5.67. The van der Waals surface area contributed by atoms with Crippen LogP contribution < -0.4 is 4.72 Å².